The van der Waals surface area contributed by atoms with Crippen LogP contribution in [0.5, 0.6) is 0 Å². The molecule has 3 rings (SSSR count). The number of halogens is 1. The number of nitrogens with one attached hydrogen (secondary N) is 2. The topological polar surface area (TPSA) is 83.1 Å². The van der Waals surface area contributed by atoms with Crippen molar-refractivity contribution in [3.8, 4) is 0 Å². The van der Waals surface area contributed by atoms with E-state index in [-0.39, 0.29) is 0 Å². The fourth-order valence-corrected chi connectivity index (χ4v) is 2.97. The Balaban J connectivity index is 1.86. The average molecular weight is 336 g/mol. The fourth-order valence-electron chi connectivity index (χ4n) is 2.09. The predicted molar refractivity (Wildman–Crippen MR) is 86.8 cm³/mol. The maximum absolute atomic E-state index is 11.8. The van der Waals surface area contributed by atoms with E-state index >= 15 is 0 Å². The van der Waals surface area contributed by atoms with E-state index in [1.54, 1.807) is 41.2 Å². The van der Waals surface area contributed by atoms with Gasteiger partial charge in [-0.15, -0.1) is 0 Å². The summed E-state index contributed by atoms with van der Waals surface area (Å²) >= 11 is 6.01. The van der Waals surface area contributed by atoms with Gasteiger partial charge in [0, 0.05) is 23.9 Å². The van der Waals surface area contributed by atoms with Crippen molar-refractivity contribution in [1.82, 2.24) is 14.6 Å². The Labute approximate surface area is 133 Å². The van der Waals surface area contributed by atoms with E-state index in [9.17, 15) is 4.21 Å². The molecule has 0 amide bonds. The highest BCUT2D eigenvalue weighted by Gasteiger charge is 2.07. The minimum absolute atomic E-state index is 0.491. The third kappa shape index (κ3) is 2.90. The normalized spacial score (nSPS) is 13.9. The molecule has 1 atom stereocenters. The first kappa shape index (κ1) is 14.8. The van der Waals surface area contributed by atoms with E-state index in [4.69, 9.17) is 16.4 Å². The van der Waals surface area contributed by atoms with Gasteiger partial charge in [0.25, 0.3) is 0 Å². The van der Waals surface area contributed by atoms with Crippen LogP contribution in [0.15, 0.2) is 47.6 Å². The Bertz CT molecular complexity index is 935. The molecule has 0 spiro atoms. The molecule has 2 heterocycles. The minimum Gasteiger partial charge on any atom is -0.366 e. The van der Waals surface area contributed by atoms with Crippen LogP contribution in [0.2, 0.25) is 5.02 Å². The van der Waals surface area contributed by atoms with Crippen molar-refractivity contribution in [3.05, 3.63) is 53.3 Å². The van der Waals surface area contributed by atoms with E-state index in [2.05, 4.69) is 15.4 Å². The van der Waals surface area contributed by atoms with Crippen molar-refractivity contribution in [2.75, 3.05) is 11.6 Å². The first-order valence-electron chi connectivity index (χ1n) is 6.50. The molecule has 0 bridgehead atoms. The maximum atomic E-state index is 11.8. The molecule has 6 nitrogen and oxygen atoms in total. The van der Waals surface area contributed by atoms with E-state index in [0.29, 0.717) is 22.1 Å². The number of aromatic nitrogens is 3. The number of nitrogens with zero attached hydrogens (tertiary/aromatic N) is 3. The lowest BCUT2D eigenvalue weighted by Crippen LogP contribution is -2.06. The molecule has 114 valence electrons. The van der Waals surface area contributed by atoms with Crippen molar-refractivity contribution >= 4 is 32.8 Å². The van der Waals surface area contributed by atoms with Gasteiger partial charge in [-0.1, -0.05) is 23.7 Å². The Hall–Kier alpha value is -2.12. The van der Waals surface area contributed by atoms with Gasteiger partial charge >= 0.3 is 0 Å². The van der Waals surface area contributed by atoms with Crippen LogP contribution in [-0.2, 0) is 16.3 Å². The van der Waals surface area contributed by atoms with Crippen molar-refractivity contribution in [2.24, 2.45) is 0 Å². The first-order chi connectivity index (χ1) is 10.4. The van der Waals surface area contributed by atoms with Gasteiger partial charge in [-0.2, -0.15) is 9.61 Å². The summed E-state index contributed by atoms with van der Waals surface area (Å²) in [6, 6.07) is 8.99. The quantitative estimate of drug-likeness (QED) is 0.767. The van der Waals surface area contributed by atoms with Crippen LogP contribution in [0.3, 0.4) is 0 Å². The highest BCUT2D eigenvalue weighted by atomic mass is 35.5. The molecule has 0 aliphatic heterocycles. The molecule has 0 saturated heterocycles. The van der Waals surface area contributed by atoms with Gasteiger partial charge in [-0.05, 0) is 23.8 Å². The van der Waals surface area contributed by atoms with Crippen molar-refractivity contribution in [3.63, 3.8) is 0 Å². The van der Waals surface area contributed by atoms with E-state index < -0.39 is 9.73 Å². The number of benzene rings is 1. The van der Waals surface area contributed by atoms with Gasteiger partial charge in [0.2, 0.25) is 0 Å². The summed E-state index contributed by atoms with van der Waals surface area (Å²) in [6.07, 6.45) is 4.62. The van der Waals surface area contributed by atoms with Crippen LogP contribution in [0.25, 0.3) is 5.65 Å². The molecule has 0 fully saturated rings. The second-order valence-corrected chi connectivity index (χ2v) is 7.47. The monoisotopic (exact) mass is 335 g/mol. The van der Waals surface area contributed by atoms with Crippen LogP contribution < -0.4 is 5.32 Å². The van der Waals surface area contributed by atoms with Crippen molar-refractivity contribution < 1.29 is 4.21 Å². The Kier molecular flexibility index (Phi) is 3.76. The molecular formula is C14H14ClN5OS. The standard InChI is InChI=1S/C14H14ClN5OS/c1-22(16,21)11-4-2-3-10(7-11)8-18-13-5-6-17-14-12(15)9-19-20(13)14/h2-7,9,16,18H,8H2,1H3. The second-order valence-electron chi connectivity index (χ2n) is 4.90. The summed E-state index contributed by atoms with van der Waals surface area (Å²) in [5.41, 5.74) is 1.52. The zero-order valence-corrected chi connectivity index (χ0v) is 13.4. The van der Waals surface area contributed by atoms with Crippen molar-refractivity contribution in [1.29, 1.82) is 4.78 Å². The predicted octanol–water partition coefficient (Wildman–Crippen LogP) is 3.03. The van der Waals surface area contributed by atoms with Gasteiger partial charge in [-0.3, -0.25) is 0 Å². The molecule has 3 aromatic rings. The van der Waals surface area contributed by atoms with Crippen LogP contribution in [0, 0.1) is 4.78 Å². The van der Waals surface area contributed by atoms with Gasteiger partial charge in [-0.25, -0.2) is 14.0 Å². The number of hydrogen-bond acceptors (Lipinski definition) is 5. The number of fused-ring (bicyclic) bond motifs is 1. The van der Waals surface area contributed by atoms with Crippen LogP contribution >= 0.6 is 11.6 Å². The minimum atomic E-state index is -2.71. The molecular weight excluding hydrogens is 322 g/mol. The van der Waals surface area contributed by atoms with Crippen LogP contribution in [0.4, 0.5) is 5.82 Å². The molecule has 22 heavy (non-hydrogen) atoms. The van der Waals surface area contributed by atoms with Gasteiger partial charge in [0.15, 0.2) is 5.65 Å². The summed E-state index contributed by atoms with van der Waals surface area (Å²) in [5.74, 6) is 0.755. The Morgan fingerprint density at radius 2 is 2.23 bits per heavy atom. The SMILES string of the molecule is CS(=N)(=O)c1cccc(CNc2ccnc3c(Cl)cnn23)c1. The first-order valence-corrected chi connectivity index (χ1v) is 8.84. The molecule has 0 radical (unpaired) electrons. The summed E-state index contributed by atoms with van der Waals surface area (Å²) in [5, 5.41) is 7.91. The van der Waals surface area contributed by atoms with Gasteiger partial charge in [0.1, 0.15) is 10.8 Å². The summed E-state index contributed by atoms with van der Waals surface area (Å²) in [6.45, 7) is 0.514. The molecule has 0 aliphatic carbocycles. The summed E-state index contributed by atoms with van der Waals surface area (Å²) < 4.78 is 21.1. The lowest BCUT2D eigenvalue weighted by Gasteiger charge is -2.09. The number of rotatable bonds is 4. The molecule has 1 unspecified atom stereocenters. The molecule has 2 N–H and O–H groups in total. The van der Waals surface area contributed by atoms with Gasteiger partial charge < -0.3 is 5.32 Å². The van der Waals surface area contributed by atoms with Gasteiger partial charge in [0.05, 0.1) is 15.9 Å². The molecule has 1 aromatic carbocycles. The largest absolute Gasteiger partial charge is 0.366 e. The van der Waals surface area contributed by atoms with E-state index in [1.165, 1.54) is 6.26 Å². The zero-order valence-electron chi connectivity index (χ0n) is 11.8. The van der Waals surface area contributed by atoms with E-state index in [1.807, 2.05) is 6.07 Å². The molecule has 0 aliphatic rings. The highest BCUT2D eigenvalue weighted by molar-refractivity contribution is 7.91. The van der Waals surface area contributed by atoms with Crippen molar-refractivity contribution in [2.45, 2.75) is 11.4 Å². The highest BCUT2D eigenvalue weighted by Crippen LogP contribution is 2.18. The van der Waals surface area contributed by atoms with E-state index in [0.717, 1.165) is 11.4 Å². The zero-order chi connectivity index (χ0) is 15.7. The van der Waals surface area contributed by atoms with Crippen LogP contribution in [0.1, 0.15) is 5.56 Å². The Morgan fingerprint density at radius 3 is 3.00 bits per heavy atom. The number of hydrogen-bond donors (Lipinski definition) is 2. The average Bonchev–Trinajstić information content (AvgIpc) is 2.87. The molecule has 2 aromatic heterocycles. The summed E-state index contributed by atoms with van der Waals surface area (Å²) in [4.78, 5) is 4.69. The summed E-state index contributed by atoms with van der Waals surface area (Å²) in [7, 11) is -2.71. The molecule has 8 heteroatoms. The van der Waals surface area contributed by atoms with Crippen LogP contribution in [-0.4, -0.2) is 25.1 Å². The second kappa shape index (κ2) is 5.58. The smallest absolute Gasteiger partial charge is 0.176 e. The fraction of sp³-hybridized carbons (Fsp3) is 0.143. The lowest BCUT2D eigenvalue weighted by atomic mass is 10.2. The Morgan fingerprint density at radius 1 is 1.41 bits per heavy atom. The number of anilines is 1. The maximum Gasteiger partial charge on any atom is 0.176 e. The third-order valence-corrected chi connectivity index (χ3v) is 4.60. The lowest BCUT2D eigenvalue weighted by molar-refractivity contribution is 0.679. The third-order valence-electron chi connectivity index (χ3n) is 3.18. The molecule has 0 saturated carbocycles.